The monoisotopic (exact) mass is 317 g/mol. The molecule has 0 aliphatic carbocycles. The number of thiophene rings is 1. The molecular weight excluding hydrogens is 302 g/mol. The fraction of sp³-hybridized carbons (Fsp3) is 0.200. The Kier molecular flexibility index (Phi) is 4.72. The SMILES string of the molecule is OC(CNCc1cnc(-c2ccccn2)s1)c1ccsc1. The molecule has 3 heterocycles. The first kappa shape index (κ1) is 14.3. The van der Waals surface area contributed by atoms with E-state index in [1.54, 1.807) is 28.9 Å². The third-order valence-electron chi connectivity index (χ3n) is 3.00. The Morgan fingerprint density at radius 3 is 2.95 bits per heavy atom. The van der Waals surface area contributed by atoms with E-state index in [9.17, 15) is 5.11 Å². The van der Waals surface area contributed by atoms with Crippen molar-refractivity contribution in [3.8, 4) is 10.7 Å². The fourth-order valence-corrected chi connectivity index (χ4v) is 3.48. The van der Waals surface area contributed by atoms with Gasteiger partial charge >= 0.3 is 0 Å². The summed E-state index contributed by atoms with van der Waals surface area (Å²) in [4.78, 5) is 9.82. The zero-order valence-electron chi connectivity index (χ0n) is 11.3. The van der Waals surface area contributed by atoms with Gasteiger partial charge in [0.1, 0.15) is 5.01 Å². The lowest BCUT2D eigenvalue weighted by Gasteiger charge is -2.09. The highest BCUT2D eigenvalue weighted by molar-refractivity contribution is 7.15. The Morgan fingerprint density at radius 1 is 1.24 bits per heavy atom. The molecule has 0 aromatic carbocycles. The quantitative estimate of drug-likeness (QED) is 0.733. The van der Waals surface area contributed by atoms with Crippen molar-refractivity contribution in [3.63, 3.8) is 0 Å². The molecule has 0 aliphatic rings. The lowest BCUT2D eigenvalue weighted by molar-refractivity contribution is 0.175. The second kappa shape index (κ2) is 6.91. The van der Waals surface area contributed by atoms with E-state index in [4.69, 9.17) is 0 Å². The molecule has 1 unspecified atom stereocenters. The number of hydrogen-bond donors (Lipinski definition) is 2. The number of aromatic nitrogens is 2. The minimum absolute atomic E-state index is 0.459. The van der Waals surface area contributed by atoms with Crippen LogP contribution < -0.4 is 5.32 Å². The van der Waals surface area contributed by atoms with Crippen molar-refractivity contribution in [1.82, 2.24) is 15.3 Å². The maximum atomic E-state index is 9.99. The van der Waals surface area contributed by atoms with Crippen molar-refractivity contribution in [2.45, 2.75) is 12.6 Å². The van der Waals surface area contributed by atoms with Crippen LogP contribution in [0.2, 0.25) is 0 Å². The maximum Gasteiger partial charge on any atom is 0.142 e. The van der Waals surface area contributed by atoms with E-state index in [1.165, 1.54) is 0 Å². The van der Waals surface area contributed by atoms with E-state index in [2.05, 4.69) is 15.3 Å². The first-order chi connectivity index (χ1) is 10.3. The van der Waals surface area contributed by atoms with E-state index in [0.717, 1.165) is 21.1 Å². The Bertz CT molecular complexity index is 667. The van der Waals surface area contributed by atoms with E-state index in [1.807, 2.05) is 41.2 Å². The molecule has 2 N–H and O–H groups in total. The van der Waals surface area contributed by atoms with Crippen LogP contribution in [-0.4, -0.2) is 21.6 Å². The normalized spacial score (nSPS) is 12.4. The fourth-order valence-electron chi connectivity index (χ4n) is 1.91. The lowest BCUT2D eigenvalue weighted by atomic mass is 10.2. The van der Waals surface area contributed by atoms with Gasteiger partial charge in [0.2, 0.25) is 0 Å². The van der Waals surface area contributed by atoms with Crippen molar-refractivity contribution >= 4 is 22.7 Å². The van der Waals surface area contributed by atoms with Crippen molar-refractivity contribution in [1.29, 1.82) is 0 Å². The molecule has 0 aliphatic heterocycles. The molecule has 1 atom stereocenters. The van der Waals surface area contributed by atoms with Crippen molar-refractivity contribution < 1.29 is 5.11 Å². The van der Waals surface area contributed by atoms with E-state index in [-0.39, 0.29) is 0 Å². The van der Waals surface area contributed by atoms with Gasteiger partial charge in [0, 0.05) is 30.4 Å². The van der Waals surface area contributed by atoms with Crippen LogP contribution in [-0.2, 0) is 6.54 Å². The van der Waals surface area contributed by atoms with Gasteiger partial charge in [0.05, 0.1) is 11.8 Å². The van der Waals surface area contributed by atoms with E-state index < -0.39 is 6.10 Å². The van der Waals surface area contributed by atoms with Gasteiger partial charge in [-0.15, -0.1) is 11.3 Å². The van der Waals surface area contributed by atoms with Gasteiger partial charge in [-0.2, -0.15) is 11.3 Å². The second-order valence-electron chi connectivity index (χ2n) is 4.55. The summed E-state index contributed by atoms with van der Waals surface area (Å²) in [5, 5.41) is 18.1. The Balaban J connectivity index is 1.54. The maximum absolute atomic E-state index is 9.99. The van der Waals surface area contributed by atoms with Crippen LogP contribution in [0.5, 0.6) is 0 Å². The minimum Gasteiger partial charge on any atom is -0.387 e. The number of nitrogens with zero attached hydrogens (tertiary/aromatic N) is 2. The van der Waals surface area contributed by atoms with Crippen molar-refractivity contribution in [2.75, 3.05) is 6.54 Å². The van der Waals surface area contributed by atoms with Gasteiger partial charge in [0.25, 0.3) is 0 Å². The zero-order chi connectivity index (χ0) is 14.5. The van der Waals surface area contributed by atoms with Crippen molar-refractivity contribution in [3.05, 3.63) is 57.9 Å². The van der Waals surface area contributed by atoms with E-state index >= 15 is 0 Å². The average molecular weight is 317 g/mol. The molecule has 108 valence electrons. The van der Waals surface area contributed by atoms with Crippen LogP contribution in [0, 0.1) is 0 Å². The molecule has 21 heavy (non-hydrogen) atoms. The summed E-state index contributed by atoms with van der Waals surface area (Å²) in [7, 11) is 0. The predicted molar refractivity (Wildman–Crippen MR) is 86.3 cm³/mol. The van der Waals surface area contributed by atoms with Crippen LogP contribution in [0.4, 0.5) is 0 Å². The highest BCUT2D eigenvalue weighted by Crippen LogP contribution is 2.23. The molecule has 0 saturated carbocycles. The predicted octanol–water partition coefficient (Wildman–Crippen LogP) is 3.09. The minimum atomic E-state index is -0.459. The Morgan fingerprint density at radius 2 is 2.19 bits per heavy atom. The van der Waals surface area contributed by atoms with Gasteiger partial charge in [-0.25, -0.2) is 4.98 Å². The molecule has 4 nitrogen and oxygen atoms in total. The topological polar surface area (TPSA) is 58.0 Å². The first-order valence-corrected chi connectivity index (χ1v) is 8.36. The van der Waals surface area contributed by atoms with Gasteiger partial charge in [-0.3, -0.25) is 4.98 Å². The average Bonchev–Trinajstić information content (AvgIpc) is 3.20. The second-order valence-corrected chi connectivity index (χ2v) is 6.45. The zero-order valence-corrected chi connectivity index (χ0v) is 12.9. The summed E-state index contributed by atoms with van der Waals surface area (Å²) >= 11 is 3.22. The summed E-state index contributed by atoms with van der Waals surface area (Å²) in [6.45, 7) is 1.24. The molecule has 0 radical (unpaired) electrons. The molecule has 0 bridgehead atoms. The first-order valence-electron chi connectivity index (χ1n) is 6.60. The van der Waals surface area contributed by atoms with E-state index in [0.29, 0.717) is 13.1 Å². The Hall–Kier alpha value is -1.60. The molecule has 0 amide bonds. The smallest absolute Gasteiger partial charge is 0.142 e. The standard InChI is InChI=1S/C15H15N3OS2/c19-14(11-4-6-20-10-11)9-16-7-12-8-18-15(21-12)13-3-1-2-5-17-13/h1-6,8,10,14,16,19H,7,9H2. The molecule has 0 spiro atoms. The molecule has 6 heteroatoms. The summed E-state index contributed by atoms with van der Waals surface area (Å²) in [5.41, 5.74) is 1.86. The number of aliphatic hydroxyl groups excluding tert-OH is 1. The molecule has 3 rings (SSSR count). The summed E-state index contributed by atoms with van der Waals surface area (Å²) in [6.07, 6.45) is 3.17. The number of aliphatic hydroxyl groups is 1. The largest absolute Gasteiger partial charge is 0.387 e. The van der Waals surface area contributed by atoms with Crippen LogP contribution in [0.3, 0.4) is 0 Å². The molecular formula is C15H15N3OS2. The highest BCUT2D eigenvalue weighted by Gasteiger charge is 2.09. The van der Waals surface area contributed by atoms with Crippen molar-refractivity contribution in [2.24, 2.45) is 0 Å². The third-order valence-corrected chi connectivity index (χ3v) is 4.72. The number of hydrogen-bond acceptors (Lipinski definition) is 6. The van der Waals surface area contributed by atoms with Crippen LogP contribution in [0.15, 0.2) is 47.4 Å². The summed E-state index contributed by atoms with van der Waals surface area (Å²) in [5.74, 6) is 0. The van der Waals surface area contributed by atoms with Gasteiger partial charge < -0.3 is 10.4 Å². The molecule has 3 aromatic rings. The number of pyridine rings is 1. The number of nitrogens with one attached hydrogen (secondary N) is 1. The van der Waals surface area contributed by atoms with Crippen LogP contribution in [0.1, 0.15) is 16.5 Å². The molecule has 3 aromatic heterocycles. The summed E-state index contributed by atoms with van der Waals surface area (Å²) in [6, 6.07) is 7.75. The highest BCUT2D eigenvalue weighted by atomic mass is 32.1. The lowest BCUT2D eigenvalue weighted by Crippen LogP contribution is -2.20. The molecule has 0 fully saturated rings. The van der Waals surface area contributed by atoms with Gasteiger partial charge in [-0.1, -0.05) is 6.07 Å². The number of rotatable bonds is 6. The van der Waals surface area contributed by atoms with Crippen LogP contribution >= 0.6 is 22.7 Å². The third kappa shape index (κ3) is 3.74. The Labute approximate surface area is 131 Å². The van der Waals surface area contributed by atoms with Crippen LogP contribution in [0.25, 0.3) is 10.7 Å². The molecule has 0 saturated heterocycles. The van der Waals surface area contributed by atoms with Gasteiger partial charge in [-0.05, 0) is 34.5 Å². The summed E-state index contributed by atoms with van der Waals surface area (Å²) < 4.78 is 0. The van der Waals surface area contributed by atoms with Gasteiger partial charge in [0.15, 0.2) is 0 Å². The number of thiazole rings is 1.